The maximum absolute atomic E-state index is 12.7. The lowest BCUT2D eigenvalue weighted by Gasteiger charge is -2.18. The summed E-state index contributed by atoms with van der Waals surface area (Å²) in [7, 11) is 0. The minimum absolute atomic E-state index is 0.199. The zero-order valence-corrected chi connectivity index (χ0v) is 18.4. The molecule has 0 atom stereocenters. The van der Waals surface area contributed by atoms with Gasteiger partial charge in [0.05, 0.1) is 17.1 Å². The van der Waals surface area contributed by atoms with Crippen molar-refractivity contribution >= 4 is 40.9 Å². The molecular formula is C23H22N2O6S. The molecule has 0 unspecified atom stereocenters. The Morgan fingerprint density at radius 2 is 1.94 bits per heavy atom. The van der Waals surface area contributed by atoms with Crippen LogP contribution in [0.15, 0.2) is 45.7 Å². The lowest BCUT2D eigenvalue weighted by molar-refractivity contribution is -0.135. The van der Waals surface area contributed by atoms with E-state index in [4.69, 9.17) is 9.15 Å². The number of hydrogen-bond donors (Lipinski definition) is 0. The fraction of sp³-hybridized carbons (Fsp3) is 0.304. The van der Waals surface area contributed by atoms with Gasteiger partial charge in [0.2, 0.25) is 5.91 Å². The summed E-state index contributed by atoms with van der Waals surface area (Å²) >= 11 is 0.785. The molecule has 0 N–H and O–H groups in total. The molecule has 3 amide bonds. The third-order valence-corrected chi connectivity index (χ3v) is 6.09. The van der Waals surface area contributed by atoms with E-state index in [2.05, 4.69) is 0 Å². The van der Waals surface area contributed by atoms with Gasteiger partial charge in [0.1, 0.15) is 18.1 Å². The molecule has 0 radical (unpaired) electrons. The summed E-state index contributed by atoms with van der Waals surface area (Å²) < 4.78 is 10.8. The number of esters is 1. The molecule has 0 bridgehead atoms. The number of imide groups is 1. The maximum Gasteiger partial charge on any atom is 0.338 e. The molecule has 4 rings (SSSR count). The van der Waals surface area contributed by atoms with Gasteiger partial charge in [0.25, 0.3) is 11.1 Å². The molecule has 2 aromatic rings. The van der Waals surface area contributed by atoms with E-state index in [0.717, 1.165) is 29.5 Å². The van der Waals surface area contributed by atoms with Gasteiger partial charge < -0.3 is 14.1 Å². The number of likely N-dealkylation sites (tertiary alicyclic amines) is 1. The average Bonchev–Trinajstić information content (AvgIpc) is 3.53. The third-order valence-electron chi connectivity index (χ3n) is 5.18. The Bertz CT molecular complexity index is 1100. The number of nitrogens with zero attached hydrogens (tertiary/aromatic N) is 2. The van der Waals surface area contributed by atoms with Crippen LogP contribution in [0.2, 0.25) is 0 Å². The van der Waals surface area contributed by atoms with E-state index < -0.39 is 17.1 Å². The normalized spacial score (nSPS) is 17.5. The van der Waals surface area contributed by atoms with Crippen LogP contribution in [0.5, 0.6) is 0 Å². The van der Waals surface area contributed by atoms with Crippen LogP contribution < -0.4 is 0 Å². The SMILES string of the molecule is CCOC(=O)c1cccc(-c2ccc(/C=C3\SC(=O)N(CC(=O)N4CCCC4)C3=O)o2)c1. The van der Waals surface area contributed by atoms with Gasteiger partial charge in [-0.25, -0.2) is 4.79 Å². The fourth-order valence-corrected chi connectivity index (χ4v) is 4.39. The number of ether oxygens (including phenoxy) is 1. The van der Waals surface area contributed by atoms with Gasteiger partial charge in [-0.15, -0.1) is 0 Å². The molecule has 3 heterocycles. The van der Waals surface area contributed by atoms with Gasteiger partial charge in [-0.2, -0.15) is 0 Å². The Morgan fingerprint density at radius 3 is 2.69 bits per heavy atom. The molecule has 32 heavy (non-hydrogen) atoms. The lowest BCUT2D eigenvalue weighted by atomic mass is 10.1. The van der Waals surface area contributed by atoms with Crippen molar-refractivity contribution in [2.24, 2.45) is 0 Å². The van der Waals surface area contributed by atoms with Gasteiger partial charge in [0.15, 0.2) is 0 Å². The number of amides is 3. The Morgan fingerprint density at radius 1 is 1.16 bits per heavy atom. The minimum atomic E-state index is -0.505. The number of benzene rings is 1. The van der Waals surface area contributed by atoms with Crippen molar-refractivity contribution in [3.8, 4) is 11.3 Å². The summed E-state index contributed by atoms with van der Waals surface area (Å²) in [6.45, 7) is 3.11. The summed E-state index contributed by atoms with van der Waals surface area (Å²) in [4.78, 5) is 52.1. The van der Waals surface area contributed by atoms with Gasteiger partial charge in [-0.05, 0) is 55.8 Å². The molecule has 2 aliphatic heterocycles. The van der Waals surface area contributed by atoms with Crippen molar-refractivity contribution in [2.75, 3.05) is 26.2 Å². The summed E-state index contributed by atoms with van der Waals surface area (Å²) in [5.74, 6) is -0.246. The quantitative estimate of drug-likeness (QED) is 0.484. The van der Waals surface area contributed by atoms with E-state index in [-0.39, 0.29) is 24.0 Å². The van der Waals surface area contributed by atoms with Crippen molar-refractivity contribution in [1.82, 2.24) is 9.80 Å². The largest absolute Gasteiger partial charge is 0.462 e. The Balaban J connectivity index is 1.48. The molecule has 0 saturated carbocycles. The van der Waals surface area contributed by atoms with E-state index >= 15 is 0 Å². The first-order valence-corrected chi connectivity index (χ1v) is 11.2. The third kappa shape index (κ3) is 4.62. The number of thioether (sulfide) groups is 1. The number of rotatable bonds is 6. The van der Waals surface area contributed by atoms with Crippen LogP contribution in [0.1, 0.15) is 35.9 Å². The molecule has 9 heteroatoms. The molecular weight excluding hydrogens is 432 g/mol. The minimum Gasteiger partial charge on any atom is -0.462 e. The predicted octanol–water partition coefficient (Wildman–Crippen LogP) is 3.78. The molecule has 2 fully saturated rings. The van der Waals surface area contributed by atoms with E-state index in [1.807, 2.05) is 0 Å². The predicted molar refractivity (Wildman–Crippen MR) is 119 cm³/mol. The van der Waals surface area contributed by atoms with Crippen molar-refractivity contribution < 1.29 is 28.3 Å². The second-order valence-electron chi connectivity index (χ2n) is 7.36. The summed E-state index contributed by atoms with van der Waals surface area (Å²) in [5, 5.41) is -0.470. The first-order chi connectivity index (χ1) is 15.5. The van der Waals surface area contributed by atoms with E-state index in [0.29, 0.717) is 35.7 Å². The molecule has 1 aromatic carbocycles. The van der Waals surface area contributed by atoms with Crippen LogP contribution in [0.25, 0.3) is 17.4 Å². The monoisotopic (exact) mass is 454 g/mol. The molecule has 8 nitrogen and oxygen atoms in total. The van der Waals surface area contributed by atoms with Gasteiger partial charge >= 0.3 is 5.97 Å². The van der Waals surface area contributed by atoms with E-state index in [1.54, 1.807) is 48.2 Å². The summed E-state index contributed by atoms with van der Waals surface area (Å²) in [6, 6.07) is 10.2. The Kier molecular flexibility index (Phi) is 6.45. The van der Waals surface area contributed by atoms with Gasteiger partial charge in [-0.1, -0.05) is 12.1 Å². The van der Waals surface area contributed by atoms with E-state index in [1.165, 1.54) is 6.08 Å². The molecule has 2 saturated heterocycles. The molecule has 166 valence electrons. The van der Waals surface area contributed by atoms with Crippen LogP contribution in [0.3, 0.4) is 0 Å². The maximum atomic E-state index is 12.7. The highest BCUT2D eigenvalue weighted by Crippen LogP contribution is 2.33. The zero-order chi connectivity index (χ0) is 22.7. The second-order valence-corrected chi connectivity index (χ2v) is 8.35. The van der Waals surface area contributed by atoms with Crippen molar-refractivity contribution in [3.63, 3.8) is 0 Å². The number of furan rings is 1. The van der Waals surface area contributed by atoms with E-state index in [9.17, 15) is 19.2 Å². The van der Waals surface area contributed by atoms with Crippen LogP contribution >= 0.6 is 11.8 Å². The first-order valence-electron chi connectivity index (χ1n) is 10.4. The Hall–Kier alpha value is -3.33. The second kappa shape index (κ2) is 9.44. The molecule has 2 aliphatic rings. The van der Waals surface area contributed by atoms with Crippen molar-refractivity contribution in [3.05, 3.63) is 52.6 Å². The van der Waals surface area contributed by atoms with Gasteiger partial charge in [-0.3, -0.25) is 19.3 Å². The number of carbonyl (C=O) groups is 4. The Labute approximate surface area is 189 Å². The number of carbonyl (C=O) groups excluding carboxylic acids is 4. The smallest absolute Gasteiger partial charge is 0.338 e. The average molecular weight is 455 g/mol. The molecule has 0 spiro atoms. The van der Waals surface area contributed by atoms with Crippen LogP contribution in [0.4, 0.5) is 4.79 Å². The van der Waals surface area contributed by atoms with Crippen molar-refractivity contribution in [2.45, 2.75) is 19.8 Å². The summed E-state index contributed by atoms with van der Waals surface area (Å²) in [5.41, 5.74) is 1.09. The zero-order valence-electron chi connectivity index (χ0n) is 17.5. The van der Waals surface area contributed by atoms with Crippen molar-refractivity contribution in [1.29, 1.82) is 0 Å². The van der Waals surface area contributed by atoms with Crippen LogP contribution in [-0.4, -0.2) is 59.1 Å². The number of hydrogen-bond acceptors (Lipinski definition) is 7. The molecule has 0 aliphatic carbocycles. The topological polar surface area (TPSA) is 97.1 Å². The highest BCUT2D eigenvalue weighted by Gasteiger charge is 2.37. The first kappa shape index (κ1) is 21.9. The van der Waals surface area contributed by atoms with Crippen LogP contribution in [0, 0.1) is 0 Å². The van der Waals surface area contributed by atoms with Crippen LogP contribution in [-0.2, 0) is 14.3 Å². The highest BCUT2D eigenvalue weighted by atomic mass is 32.2. The highest BCUT2D eigenvalue weighted by molar-refractivity contribution is 8.18. The summed E-state index contributed by atoms with van der Waals surface area (Å²) in [6.07, 6.45) is 3.37. The molecule has 1 aromatic heterocycles. The van der Waals surface area contributed by atoms with Gasteiger partial charge in [0, 0.05) is 24.7 Å². The standard InChI is InChI=1S/C23H22N2O6S/c1-2-30-22(28)16-7-5-6-15(12-16)18-9-8-17(31-18)13-19-21(27)25(23(29)32-19)14-20(26)24-10-3-4-11-24/h5-9,12-13H,2-4,10-11,14H2,1H3/b19-13-. The lowest BCUT2D eigenvalue weighted by Crippen LogP contribution is -2.40. The fourth-order valence-electron chi connectivity index (χ4n) is 3.57.